The second-order valence-electron chi connectivity index (χ2n) is 8.17. The Morgan fingerprint density at radius 3 is 2.63 bits per heavy atom. The van der Waals surface area contributed by atoms with E-state index in [9.17, 15) is 18.0 Å². The summed E-state index contributed by atoms with van der Waals surface area (Å²) in [5, 5.41) is 0. The summed E-state index contributed by atoms with van der Waals surface area (Å²) in [7, 11) is -0.763. The van der Waals surface area contributed by atoms with Crippen LogP contribution in [0.25, 0.3) is 10.2 Å². The van der Waals surface area contributed by atoms with Crippen LogP contribution >= 0.6 is 11.3 Å². The number of fused-ring (bicyclic) bond motifs is 1. The van der Waals surface area contributed by atoms with Crippen molar-refractivity contribution in [3.63, 3.8) is 0 Å². The van der Waals surface area contributed by atoms with Crippen LogP contribution in [-0.4, -0.2) is 63.1 Å². The van der Waals surface area contributed by atoms with Crippen molar-refractivity contribution < 1.29 is 27.5 Å². The number of sulfonamides is 1. The number of hydrogen-bond donors (Lipinski definition) is 0. The van der Waals surface area contributed by atoms with E-state index >= 15 is 0 Å². The number of aromatic nitrogens is 1. The second-order valence-corrected chi connectivity index (χ2v) is 11.1. The lowest BCUT2D eigenvalue weighted by Crippen LogP contribution is -2.42. The van der Waals surface area contributed by atoms with Crippen LogP contribution in [0, 0.1) is 5.92 Å². The first-order chi connectivity index (χ1) is 16.8. The van der Waals surface area contributed by atoms with E-state index in [4.69, 9.17) is 9.47 Å². The standard InChI is InChI=1S/C24H27N3O6S2/c1-32-14-13-27-20-11-10-17(23(29)33-2)15-21(20)34-24(27)25-22(28)18-7-6-12-26(16-18)35(30,31)19-8-4-3-5-9-19/h3-5,8-11,15,18H,6-7,12-14,16H2,1-2H3. The Morgan fingerprint density at radius 2 is 1.91 bits per heavy atom. The monoisotopic (exact) mass is 517 g/mol. The Morgan fingerprint density at radius 1 is 1.14 bits per heavy atom. The first-order valence-electron chi connectivity index (χ1n) is 11.2. The largest absolute Gasteiger partial charge is 0.465 e. The molecule has 0 bridgehead atoms. The minimum atomic E-state index is -3.68. The minimum absolute atomic E-state index is 0.0923. The van der Waals surface area contributed by atoms with Gasteiger partial charge in [-0.2, -0.15) is 9.30 Å². The Labute approximate surface area is 207 Å². The van der Waals surface area contributed by atoms with Crippen LogP contribution < -0.4 is 4.80 Å². The molecule has 3 aromatic rings. The molecule has 186 valence electrons. The van der Waals surface area contributed by atoms with Crippen molar-refractivity contribution in [3.8, 4) is 0 Å². The molecule has 1 saturated heterocycles. The number of methoxy groups -OCH3 is 2. The van der Waals surface area contributed by atoms with Crippen molar-refractivity contribution >= 4 is 43.5 Å². The van der Waals surface area contributed by atoms with Gasteiger partial charge in [0.2, 0.25) is 10.0 Å². The highest BCUT2D eigenvalue weighted by Gasteiger charge is 2.33. The molecule has 11 heteroatoms. The lowest BCUT2D eigenvalue weighted by atomic mass is 9.99. The highest BCUT2D eigenvalue weighted by molar-refractivity contribution is 7.89. The van der Waals surface area contributed by atoms with Crippen LogP contribution in [0.3, 0.4) is 0 Å². The summed E-state index contributed by atoms with van der Waals surface area (Å²) in [4.78, 5) is 30.2. The number of rotatable bonds is 7. The fourth-order valence-corrected chi connectivity index (χ4v) is 6.74. The average Bonchev–Trinajstić information content (AvgIpc) is 3.23. The van der Waals surface area contributed by atoms with Crippen molar-refractivity contribution in [1.29, 1.82) is 0 Å². The third-order valence-corrected chi connectivity index (χ3v) is 8.86. The van der Waals surface area contributed by atoms with Crippen LogP contribution in [0.15, 0.2) is 58.4 Å². The molecule has 4 rings (SSSR count). The number of esters is 1. The zero-order valence-electron chi connectivity index (χ0n) is 19.5. The SMILES string of the molecule is COCCn1c(=NC(=O)C2CCCN(S(=O)(=O)c3ccccc3)C2)sc2cc(C(=O)OC)ccc21. The molecular weight excluding hydrogens is 490 g/mol. The van der Waals surface area contributed by atoms with Crippen LogP contribution in [0.1, 0.15) is 23.2 Å². The molecule has 0 saturated carbocycles. The zero-order valence-corrected chi connectivity index (χ0v) is 21.2. The van der Waals surface area contributed by atoms with Crippen molar-refractivity contribution in [2.75, 3.05) is 33.9 Å². The van der Waals surface area contributed by atoms with Gasteiger partial charge in [-0.05, 0) is 43.2 Å². The van der Waals surface area contributed by atoms with E-state index in [-0.39, 0.29) is 17.3 Å². The van der Waals surface area contributed by atoms with Crippen molar-refractivity contribution in [2.24, 2.45) is 10.9 Å². The molecular formula is C24H27N3O6S2. The zero-order chi connectivity index (χ0) is 25.0. The van der Waals surface area contributed by atoms with Gasteiger partial charge in [-0.25, -0.2) is 13.2 Å². The molecule has 0 spiro atoms. The van der Waals surface area contributed by atoms with E-state index in [0.29, 0.717) is 42.9 Å². The molecule has 0 N–H and O–H groups in total. The van der Waals surface area contributed by atoms with Crippen LogP contribution in [-0.2, 0) is 30.8 Å². The van der Waals surface area contributed by atoms with Gasteiger partial charge in [0.05, 0.1) is 40.3 Å². The summed E-state index contributed by atoms with van der Waals surface area (Å²) in [5.41, 5.74) is 1.23. The van der Waals surface area contributed by atoms with Crippen molar-refractivity contribution in [2.45, 2.75) is 24.3 Å². The second kappa shape index (κ2) is 10.8. The van der Waals surface area contributed by atoms with Crippen LogP contribution in [0.2, 0.25) is 0 Å². The molecule has 0 radical (unpaired) electrons. The fraction of sp³-hybridized carbons (Fsp3) is 0.375. The third-order valence-electron chi connectivity index (χ3n) is 5.94. The molecule has 1 amide bonds. The predicted octanol–water partition coefficient (Wildman–Crippen LogP) is 2.66. The Hall–Kier alpha value is -2.86. The molecule has 1 aromatic heterocycles. The summed E-state index contributed by atoms with van der Waals surface area (Å²) >= 11 is 1.29. The summed E-state index contributed by atoms with van der Waals surface area (Å²) in [6.07, 6.45) is 1.15. The highest BCUT2D eigenvalue weighted by Crippen LogP contribution is 2.25. The van der Waals surface area contributed by atoms with Crippen LogP contribution in [0.5, 0.6) is 0 Å². The smallest absolute Gasteiger partial charge is 0.337 e. The van der Waals surface area contributed by atoms with E-state index in [1.54, 1.807) is 55.6 Å². The molecule has 1 aliphatic heterocycles. The van der Waals surface area contributed by atoms with Crippen molar-refractivity contribution in [1.82, 2.24) is 8.87 Å². The molecule has 1 aliphatic rings. The Kier molecular flexibility index (Phi) is 7.80. The molecule has 2 aromatic carbocycles. The van der Waals surface area contributed by atoms with Gasteiger partial charge in [-0.3, -0.25) is 4.79 Å². The van der Waals surface area contributed by atoms with Gasteiger partial charge in [-0.15, -0.1) is 0 Å². The summed E-state index contributed by atoms with van der Waals surface area (Å²) in [6, 6.07) is 13.4. The van der Waals surface area contributed by atoms with Crippen molar-refractivity contribution in [3.05, 3.63) is 58.9 Å². The summed E-state index contributed by atoms with van der Waals surface area (Å²) < 4.78 is 40.2. The Balaban J connectivity index is 1.65. The van der Waals surface area contributed by atoms with Gasteiger partial charge < -0.3 is 14.0 Å². The third kappa shape index (κ3) is 5.37. The number of thiazole rings is 1. The lowest BCUT2D eigenvalue weighted by Gasteiger charge is -2.30. The summed E-state index contributed by atoms with van der Waals surface area (Å²) in [6.45, 7) is 1.35. The number of carbonyl (C=O) groups excluding carboxylic acids is 2. The maximum absolute atomic E-state index is 13.2. The number of hydrogen-bond acceptors (Lipinski definition) is 7. The fourth-order valence-electron chi connectivity index (χ4n) is 4.09. The van der Waals surface area contributed by atoms with E-state index in [1.807, 2.05) is 4.57 Å². The molecule has 1 unspecified atom stereocenters. The predicted molar refractivity (Wildman–Crippen MR) is 132 cm³/mol. The van der Waals surface area contributed by atoms with Gasteiger partial charge in [-0.1, -0.05) is 29.5 Å². The van der Waals surface area contributed by atoms with E-state index in [2.05, 4.69) is 4.99 Å². The van der Waals surface area contributed by atoms with Crippen LogP contribution in [0.4, 0.5) is 0 Å². The van der Waals surface area contributed by atoms with E-state index in [0.717, 1.165) is 10.2 Å². The topological polar surface area (TPSA) is 107 Å². The number of benzene rings is 2. The van der Waals surface area contributed by atoms with Gasteiger partial charge >= 0.3 is 5.97 Å². The number of amides is 1. The molecule has 1 atom stereocenters. The molecule has 0 aliphatic carbocycles. The molecule has 2 heterocycles. The van der Waals surface area contributed by atoms with E-state index < -0.39 is 21.9 Å². The van der Waals surface area contributed by atoms with E-state index in [1.165, 1.54) is 22.8 Å². The Bertz CT molecular complexity index is 1400. The normalized spacial score (nSPS) is 17.5. The van der Waals surface area contributed by atoms with Gasteiger partial charge in [0.25, 0.3) is 5.91 Å². The van der Waals surface area contributed by atoms with Gasteiger partial charge in [0.1, 0.15) is 0 Å². The first kappa shape index (κ1) is 25.2. The van der Waals surface area contributed by atoms with Gasteiger partial charge in [0.15, 0.2) is 4.80 Å². The summed E-state index contributed by atoms with van der Waals surface area (Å²) in [5.74, 6) is -1.34. The first-order valence-corrected chi connectivity index (χ1v) is 13.4. The quantitative estimate of drug-likeness (QED) is 0.446. The average molecular weight is 518 g/mol. The minimum Gasteiger partial charge on any atom is -0.465 e. The number of nitrogens with zero attached hydrogens (tertiary/aromatic N) is 3. The lowest BCUT2D eigenvalue weighted by molar-refractivity contribution is -0.122. The maximum atomic E-state index is 13.2. The van der Waals surface area contributed by atoms with Gasteiger partial charge in [0, 0.05) is 26.7 Å². The molecule has 9 nitrogen and oxygen atoms in total. The maximum Gasteiger partial charge on any atom is 0.337 e. The number of piperidine rings is 1. The number of carbonyl (C=O) groups is 2. The highest BCUT2D eigenvalue weighted by atomic mass is 32.2. The number of ether oxygens (including phenoxy) is 2. The molecule has 1 fully saturated rings. The molecule has 35 heavy (non-hydrogen) atoms.